The molecule has 0 aromatic rings. The largest absolute Gasteiger partial charge is 0.389 e. The monoisotopic (exact) mass is 470 g/mol. The summed E-state index contributed by atoms with van der Waals surface area (Å²) < 4.78 is -0.635. The van der Waals surface area contributed by atoms with Crippen molar-refractivity contribution in [2.24, 2.45) is 28.6 Å². The topological polar surface area (TPSA) is 71.4 Å². The average molecular weight is 470 g/mol. The van der Waals surface area contributed by atoms with E-state index in [1.165, 1.54) is 5.57 Å². The maximum atomic E-state index is 13.4. The number of allylic oxidation sites excluding steroid dienone is 1. The van der Waals surface area contributed by atoms with Gasteiger partial charge in [-0.25, -0.2) is 0 Å². The minimum Gasteiger partial charge on any atom is -0.389 e. The lowest BCUT2D eigenvalue weighted by Crippen LogP contribution is -2.59. The molecule has 3 saturated carbocycles. The lowest BCUT2D eigenvalue weighted by Gasteiger charge is -2.57. The van der Waals surface area contributed by atoms with Crippen molar-refractivity contribution in [2.75, 3.05) is 6.61 Å². The second-order valence-corrected chi connectivity index (χ2v) is 11.2. The number of ketones is 3. The van der Waals surface area contributed by atoms with Crippen molar-refractivity contribution in [3.63, 3.8) is 0 Å². The smallest absolute Gasteiger partial charge is 0.174 e. The molecule has 142 valence electrons. The van der Waals surface area contributed by atoms with Crippen molar-refractivity contribution in [2.45, 2.75) is 62.2 Å². The predicted octanol–water partition coefficient (Wildman–Crippen LogP) is 3.43. The van der Waals surface area contributed by atoms with Gasteiger partial charge in [0.2, 0.25) is 0 Å². The van der Waals surface area contributed by atoms with E-state index in [2.05, 4.69) is 36.4 Å². The second-order valence-electron chi connectivity index (χ2n) is 9.32. The third kappa shape index (κ3) is 2.25. The first kappa shape index (κ1) is 18.8. The van der Waals surface area contributed by atoms with Gasteiger partial charge in [0.05, 0.1) is 3.42 Å². The summed E-state index contributed by atoms with van der Waals surface area (Å²) in [5, 5.41) is 9.51. The number of fused-ring (bicyclic) bond motifs is 5. The van der Waals surface area contributed by atoms with E-state index in [1.54, 1.807) is 0 Å². The Labute approximate surface area is 168 Å². The maximum Gasteiger partial charge on any atom is 0.174 e. The summed E-state index contributed by atoms with van der Waals surface area (Å²) in [6.07, 6.45) is 7.08. The van der Waals surface area contributed by atoms with E-state index < -0.39 is 10.0 Å². The van der Waals surface area contributed by atoms with Crippen LogP contribution in [-0.4, -0.2) is 32.5 Å². The van der Waals surface area contributed by atoms with Gasteiger partial charge in [-0.05, 0) is 60.8 Å². The molecule has 0 aromatic heterocycles. The molecule has 6 atom stereocenters. The molecule has 5 heteroatoms. The van der Waals surface area contributed by atoms with Gasteiger partial charge < -0.3 is 5.11 Å². The van der Waals surface area contributed by atoms with Gasteiger partial charge in [0, 0.05) is 18.8 Å². The van der Waals surface area contributed by atoms with Gasteiger partial charge >= 0.3 is 0 Å². The van der Waals surface area contributed by atoms with Crippen molar-refractivity contribution < 1.29 is 19.5 Å². The SMILES string of the molecule is C[C@]12CCC(=O)C=C1CC[C@@H]1C2C(=O)C[C@@]2(C)[C@H]1CCC2(I)C(=O)CO. The van der Waals surface area contributed by atoms with Crippen molar-refractivity contribution in [1.29, 1.82) is 0 Å². The van der Waals surface area contributed by atoms with Crippen LogP contribution in [0.1, 0.15) is 58.8 Å². The zero-order valence-electron chi connectivity index (χ0n) is 15.5. The van der Waals surface area contributed by atoms with Gasteiger partial charge in [-0.15, -0.1) is 0 Å². The first-order valence-corrected chi connectivity index (χ1v) is 10.8. The van der Waals surface area contributed by atoms with Gasteiger partial charge in [0.25, 0.3) is 0 Å². The summed E-state index contributed by atoms with van der Waals surface area (Å²) in [4.78, 5) is 37.9. The fraction of sp³-hybridized carbons (Fsp3) is 0.762. The summed E-state index contributed by atoms with van der Waals surface area (Å²) in [7, 11) is 0. The molecule has 4 nitrogen and oxygen atoms in total. The van der Waals surface area contributed by atoms with Crippen molar-refractivity contribution in [3.05, 3.63) is 11.6 Å². The second kappa shape index (κ2) is 5.97. The van der Waals surface area contributed by atoms with Crippen LogP contribution in [0.25, 0.3) is 0 Å². The summed E-state index contributed by atoms with van der Waals surface area (Å²) in [5.74, 6) is 0.958. The van der Waals surface area contributed by atoms with Crippen LogP contribution in [0.4, 0.5) is 0 Å². The maximum absolute atomic E-state index is 13.4. The van der Waals surface area contributed by atoms with Gasteiger partial charge in [-0.2, -0.15) is 0 Å². The zero-order valence-corrected chi connectivity index (χ0v) is 17.7. The Morgan fingerprint density at radius 2 is 1.96 bits per heavy atom. The molecule has 4 aliphatic carbocycles. The molecule has 0 spiro atoms. The zero-order chi connectivity index (χ0) is 18.9. The van der Waals surface area contributed by atoms with Crippen LogP contribution < -0.4 is 0 Å². The van der Waals surface area contributed by atoms with Gasteiger partial charge in [0.15, 0.2) is 11.6 Å². The fourth-order valence-corrected chi connectivity index (χ4v) is 8.01. The number of carbonyl (C=O) groups is 3. The van der Waals surface area contributed by atoms with Crippen LogP contribution in [0.5, 0.6) is 0 Å². The molecule has 2 unspecified atom stereocenters. The molecule has 0 amide bonds. The normalized spacial score (nSPS) is 47.7. The highest BCUT2D eigenvalue weighted by Crippen LogP contribution is 2.68. The number of hydrogen-bond donors (Lipinski definition) is 1. The Hall–Kier alpha value is -0.560. The van der Waals surface area contributed by atoms with Gasteiger partial charge in [-0.3, -0.25) is 14.4 Å². The van der Waals surface area contributed by atoms with Crippen LogP contribution in [-0.2, 0) is 14.4 Å². The molecule has 0 aromatic carbocycles. The van der Waals surface area contributed by atoms with E-state index >= 15 is 0 Å². The molecule has 0 radical (unpaired) electrons. The van der Waals surface area contributed by atoms with Crippen LogP contribution >= 0.6 is 22.6 Å². The van der Waals surface area contributed by atoms with Gasteiger partial charge in [0.1, 0.15) is 12.4 Å². The standard InChI is InChI=1S/C21H27IO4/c1-19-7-5-13(24)9-12(19)3-4-14-15-6-8-21(22,17(26)11-23)20(15,2)10-16(25)18(14)19/h9,14-15,18,23H,3-8,10-11H2,1-2H3/t14-,15-,18?,19-,20-,21?/m0/s1. The molecule has 3 fully saturated rings. The lowest BCUT2D eigenvalue weighted by atomic mass is 9.46. The molecule has 0 heterocycles. The number of carbonyl (C=O) groups excluding carboxylic acids is 3. The van der Waals surface area contributed by atoms with Crippen LogP contribution in [0, 0.1) is 28.6 Å². The Balaban J connectivity index is 1.75. The number of hydrogen-bond acceptors (Lipinski definition) is 4. The number of alkyl halides is 1. The molecule has 4 rings (SSSR count). The summed E-state index contributed by atoms with van der Waals surface area (Å²) >= 11 is 2.24. The third-order valence-corrected chi connectivity index (χ3v) is 10.7. The first-order valence-electron chi connectivity index (χ1n) is 9.77. The summed E-state index contributed by atoms with van der Waals surface area (Å²) in [5.41, 5.74) is 0.623. The average Bonchev–Trinajstić information content (AvgIpc) is 2.86. The fourth-order valence-electron chi connectivity index (χ4n) is 6.94. The van der Waals surface area contributed by atoms with Crippen LogP contribution in [0.2, 0.25) is 0 Å². The molecule has 4 aliphatic rings. The number of aliphatic hydroxyl groups excluding tert-OH is 1. The summed E-state index contributed by atoms with van der Waals surface area (Å²) in [6, 6.07) is 0. The van der Waals surface area contributed by atoms with Crippen molar-refractivity contribution in [3.8, 4) is 0 Å². The van der Waals surface area contributed by atoms with Crippen molar-refractivity contribution in [1.82, 2.24) is 0 Å². The number of rotatable bonds is 2. The van der Waals surface area contributed by atoms with E-state index in [0.717, 1.165) is 32.1 Å². The number of aliphatic hydroxyl groups is 1. The Bertz CT molecular complexity index is 728. The van der Waals surface area contributed by atoms with E-state index in [0.29, 0.717) is 24.7 Å². The van der Waals surface area contributed by atoms with E-state index in [1.807, 2.05) is 6.08 Å². The minimum atomic E-state index is -0.635. The summed E-state index contributed by atoms with van der Waals surface area (Å²) in [6.45, 7) is 3.85. The highest BCUT2D eigenvalue weighted by atomic mass is 127. The number of halogens is 1. The van der Waals surface area contributed by atoms with E-state index in [-0.39, 0.29) is 34.1 Å². The molecular weight excluding hydrogens is 443 g/mol. The molecule has 26 heavy (non-hydrogen) atoms. The third-order valence-electron chi connectivity index (χ3n) is 8.34. The molecule has 0 saturated heterocycles. The van der Waals surface area contributed by atoms with Gasteiger partial charge in [-0.1, -0.05) is 42.0 Å². The molecular formula is C21H27IO4. The Morgan fingerprint density at radius 1 is 1.23 bits per heavy atom. The van der Waals surface area contributed by atoms with E-state index in [4.69, 9.17) is 0 Å². The minimum absolute atomic E-state index is 0.0170. The molecule has 0 aliphatic heterocycles. The first-order chi connectivity index (χ1) is 12.2. The molecule has 1 N–H and O–H groups in total. The van der Waals surface area contributed by atoms with Crippen LogP contribution in [0.3, 0.4) is 0 Å². The Morgan fingerprint density at radius 3 is 2.65 bits per heavy atom. The van der Waals surface area contributed by atoms with E-state index in [9.17, 15) is 19.5 Å². The predicted molar refractivity (Wildman–Crippen MR) is 106 cm³/mol. The molecule has 0 bridgehead atoms. The van der Waals surface area contributed by atoms with Crippen molar-refractivity contribution >= 4 is 39.9 Å². The quantitative estimate of drug-likeness (QED) is 0.496. The van der Waals surface area contributed by atoms with Crippen LogP contribution in [0.15, 0.2) is 11.6 Å². The Kier molecular flexibility index (Phi) is 4.31. The lowest BCUT2D eigenvalue weighted by molar-refractivity contribution is -0.147. The highest BCUT2D eigenvalue weighted by Gasteiger charge is 2.67. The number of Topliss-reactive ketones (excluding diaryl/α,β-unsaturated/α-hetero) is 2. The highest BCUT2D eigenvalue weighted by molar-refractivity contribution is 14.1.